The van der Waals surface area contributed by atoms with Gasteiger partial charge in [-0.1, -0.05) is 79.7 Å². The number of aryl methyl sites for hydroxylation is 2. The van der Waals surface area contributed by atoms with Gasteiger partial charge in [0.2, 0.25) is 0 Å². The second-order valence-electron chi connectivity index (χ2n) is 7.63. The van der Waals surface area contributed by atoms with Gasteiger partial charge in [0.25, 0.3) is 0 Å². The van der Waals surface area contributed by atoms with E-state index in [2.05, 4.69) is 126 Å². The summed E-state index contributed by atoms with van der Waals surface area (Å²) in [5, 5.41) is 0. The van der Waals surface area contributed by atoms with E-state index in [0.29, 0.717) is 0 Å². The summed E-state index contributed by atoms with van der Waals surface area (Å²) in [6.45, 7) is 6.26. The minimum atomic E-state index is 0.188. The van der Waals surface area contributed by atoms with Crippen LogP contribution < -0.4 is 0 Å². The molecule has 0 atom stereocenters. The van der Waals surface area contributed by atoms with Crippen LogP contribution in [-0.2, 0) is 10.9 Å². The molecule has 1 heterocycles. The van der Waals surface area contributed by atoms with Crippen LogP contribution in [-0.4, -0.2) is 10.7 Å². The molecule has 0 spiro atoms. The van der Waals surface area contributed by atoms with Gasteiger partial charge in [-0.15, -0.1) is 6.07 Å². The Balaban J connectivity index is 0.000000968. The predicted octanol–water partition coefficient (Wildman–Crippen LogP) is 8.51. The van der Waals surface area contributed by atoms with Gasteiger partial charge in [0, 0.05) is 5.92 Å². The number of halogens is 2. The zero-order valence-electron chi connectivity index (χ0n) is 18.7. The predicted molar refractivity (Wildman–Crippen MR) is 143 cm³/mol. The topological polar surface area (TPSA) is 25.2 Å². The van der Waals surface area contributed by atoms with E-state index < -0.39 is 0 Å². The van der Waals surface area contributed by atoms with Gasteiger partial charge in [0.15, 0.2) is 0 Å². The molecule has 0 radical (unpaired) electrons. The maximum atomic E-state index is 4.90. The first-order chi connectivity index (χ1) is 16.0. The standard InChI is InChI=1S/C28H25N2.2BrH.Ni/c1-20-18-25(19-21(2)28(20)30-22(3)26-16-10-11-17-29-26)27(23-12-6-4-7-13-23)24-14-8-5-9-15-24;;;/h4-15,17-19,27H,1-3H3;2*1H;/q-1;;;+3/p-2. The third kappa shape index (κ3) is 6.96. The van der Waals surface area contributed by atoms with Crippen molar-refractivity contribution in [3.63, 3.8) is 0 Å². The molecule has 0 saturated heterocycles. The normalized spacial score (nSPS) is 11.3. The fourth-order valence-corrected chi connectivity index (χ4v) is 3.94. The van der Waals surface area contributed by atoms with Crippen molar-refractivity contribution in [1.82, 2.24) is 4.98 Å². The van der Waals surface area contributed by atoms with Gasteiger partial charge in [-0.05, 0) is 59.3 Å². The summed E-state index contributed by atoms with van der Waals surface area (Å²) in [5.41, 5.74) is 8.85. The van der Waals surface area contributed by atoms with Crippen molar-refractivity contribution >= 4 is 39.9 Å². The van der Waals surface area contributed by atoms with Crippen molar-refractivity contribution in [2.45, 2.75) is 26.7 Å². The molecule has 0 bridgehead atoms. The number of nitrogens with zero attached hydrogens (tertiary/aromatic N) is 2. The molecule has 2 nitrogen and oxygen atoms in total. The molecule has 4 rings (SSSR count). The van der Waals surface area contributed by atoms with Crippen LogP contribution in [0.5, 0.6) is 0 Å². The first-order valence-corrected chi connectivity index (χ1v) is 15.3. The number of benzene rings is 3. The van der Waals surface area contributed by atoms with E-state index in [1.54, 1.807) is 6.20 Å². The van der Waals surface area contributed by atoms with E-state index in [4.69, 9.17) is 4.99 Å². The van der Waals surface area contributed by atoms with Gasteiger partial charge in [0.05, 0.1) is 5.69 Å². The summed E-state index contributed by atoms with van der Waals surface area (Å²) < 4.78 is 0. The fraction of sp³-hybridized carbons (Fsp3) is 0.143. The van der Waals surface area contributed by atoms with E-state index in [9.17, 15) is 0 Å². The van der Waals surface area contributed by atoms with Crippen molar-refractivity contribution in [3.8, 4) is 0 Å². The molecule has 171 valence electrons. The van der Waals surface area contributed by atoms with Gasteiger partial charge in [-0.2, -0.15) is 12.1 Å². The Hall–Kier alpha value is -2.07. The first kappa shape index (κ1) is 25.6. The Morgan fingerprint density at radius 1 is 0.848 bits per heavy atom. The van der Waals surface area contributed by atoms with Crippen LogP contribution in [0.25, 0.3) is 0 Å². The number of hydrogen-bond donors (Lipinski definition) is 0. The quantitative estimate of drug-likeness (QED) is 0.0966. The molecule has 33 heavy (non-hydrogen) atoms. The average molecular weight is 608 g/mol. The molecular formula is C28H25Br2N2Ni. The molecule has 0 unspecified atom stereocenters. The van der Waals surface area contributed by atoms with Crippen LogP contribution >= 0.6 is 28.5 Å². The Labute approximate surface area is 217 Å². The van der Waals surface area contributed by atoms with E-state index >= 15 is 0 Å². The Bertz CT molecular complexity index is 1120. The number of aromatic nitrogens is 1. The average Bonchev–Trinajstić information content (AvgIpc) is 2.84. The number of aliphatic imine (C=N–C) groups is 1. The monoisotopic (exact) mass is 605 g/mol. The molecule has 0 fully saturated rings. The van der Waals surface area contributed by atoms with Crippen LogP contribution in [0.3, 0.4) is 0 Å². The van der Waals surface area contributed by atoms with E-state index in [1.807, 2.05) is 19.1 Å². The van der Waals surface area contributed by atoms with E-state index in [1.165, 1.54) is 27.6 Å². The number of pyridine rings is 1. The summed E-state index contributed by atoms with van der Waals surface area (Å²) >= 11 is 6.00. The molecule has 0 N–H and O–H groups in total. The third-order valence-corrected chi connectivity index (χ3v) is 5.34. The summed E-state index contributed by atoms with van der Waals surface area (Å²) in [6.07, 6.45) is 1.78. The van der Waals surface area contributed by atoms with Crippen molar-refractivity contribution < 1.29 is 10.9 Å². The Morgan fingerprint density at radius 3 is 1.82 bits per heavy atom. The second kappa shape index (κ2) is 13.0. The third-order valence-electron chi connectivity index (χ3n) is 5.34. The molecule has 1 aromatic heterocycles. The van der Waals surface area contributed by atoms with Crippen LogP contribution in [0.15, 0.2) is 96.1 Å². The summed E-state index contributed by atoms with van der Waals surface area (Å²) in [7, 11) is 1.25. The number of hydrogen-bond acceptors (Lipinski definition) is 2. The van der Waals surface area contributed by atoms with Crippen molar-refractivity contribution in [2.24, 2.45) is 4.99 Å². The van der Waals surface area contributed by atoms with Crippen molar-refractivity contribution in [1.29, 1.82) is 0 Å². The molecular weight excluding hydrogens is 583 g/mol. The SMILES string of the molecule is CC(=Nc1c(C)cc(C(c2ccccc2)c2ccccc2)cc1C)c1[c-]cccn1.[Br][Ni+][Br]. The van der Waals surface area contributed by atoms with Crippen LogP contribution in [0.1, 0.15) is 46.4 Å². The molecule has 0 saturated carbocycles. The Kier molecular flexibility index (Phi) is 10.1. The molecule has 4 aromatic rings. The summed E-state index contributed by atoms with van der Waals surface area (Å²) in [6, 6.07) is 32.8. The van der Waals surface area contributed by atoms with Crippen LogP contribution in [0.2, 0.25) is 0 Å². The molecule has 0 aliphatic carbocycles. The minimum absolute atomic E-state index is 0.188. The second-order valence-corrected chi connectivity index (χ2v) is 12.6. The fourth-order valence-electron chi connectivity index (χ4n) is 3.94. The van der Waals surface area contributed by atoms with Crippen LogP contribution in [0.4, 0.5) is 5.69 Å². The van der Waals surface area contributed by atoms with Gasteiger partial charge in [0.1, 0.15) is 0 Å². The van der Waals surface area contributed by atoms with Gasteiger partial charge in [-0.25, -0.2) is 0 Å². The molecule has 0 aliphatic heterocycles. The number of rotatable bonds is 5. The Morgan fingerprint density at radius 2 is 1.36 bits per heavy atom. The summed E-state index contributed by atoms with van der Waals surface area (Å²) in [4.78, 5) is 9.27. The van der Waals surface area contributed by atoms with E-state index in [0.717, 1.165) is 28.2 Å². The zero-order chi connectivity index (χ0) is 23.6. The van der Waals surface area contributed by atoms with Crippen molar-refractivity contribution in [2.75, 3.05) is 0 Å². The van der Waals surface area contributed by atoms with Gasteiger partial charge in [-0.3, -0.25) is 4.98 Å². The van der Waals surface area contributed by atoms with Crippen molar-refractivity contribution in [3.05, 3.63) is 131 Å². The van der Waals surface area contributed by atoms with Crippen LogP contribution in [0, 0.1) is 19.9 Å². The van der Waals surface area contributed by atoms with Gasteiger partial charge >= 0.3 is 39.3 Å². The van der Waals surface area contributed by atoms with E-state index in [-0.39, 0.29) is 5.92 Å². The zero-order valence-corrected chi connectivity index (χ0v) is 22.9. The summed E-state index contributed by atoms with van der Waals surface area (Å²) in [5.74, 6) is 0.188. The first-order valence-electron chi connectivity index (χ1n) is 10.5. The molecule has 0 aliphatic rings. The molecule has 0 amide bonds. The van der Waals surface area contributed by atoms with Gasteiger partial charge < -0.3 is 4.99 Å². The molecule has 3 aromatic carbocycles. The molecule has 5 heteroatoms. The maximum absolute atomic E-state index is 4.90.